The topological polar surface area (TPSA) is 64.5 Å². The van der Waals surface area contributed by atoms with E-state index < -0.39 is 0 Å². The lowest BCUT2D eigenvalue weighted by atomic mass is 10.3. The Morgan fingerprint density at radius 3 is 2.94 bits per heavy atom. The van der Waals surface area contributed by atoms with Gasteiger partial charge in [-0.05, 0) is 6.92 Å². The lowest BCUT2D eigenvalue weighted by Crippen LogP contribution is -2.36. The number of ether oxygens (including phenoxy) is 2. The molecule has 0 atom stereocenters. The van der Waals surface area contributed by atoms with Crippen molar-refractivity contribution in [2.75, 3.05) is 37.8 Å². The van der Waals surface area contributed by atoms with E-state index in [-0.39, 0.29) is 12.4 Å². The predicted octanol–water partition coefficient (Wildman–Crippen LogP) is 0.419. The molecule has 2 rings (SSSR count). The number of carbonyl (C=O) groups excluding carboxylic acids is 1. The first kappa shape index (κ1) is 12.8. The Morgan fingerprint density at radius 1 is 1.44 bits per heavy atom. The van der Waals surface area contributed by atoms with Crippen molar-refractivity contribution in [2.45, 2.75) is 13.3 Å². The minimum Gasteiger partial charge on any atom is -0.466 e. The molecule has 0 saturated carbocycles. The molecule has 0 amide bonds. The molecule has 0 bridgehead atoms. The lowest BCUT2D eigenvalue weighted by molar-refractivity contribution is -0.142. The van der Waals surface area contributed by atoms with Gasteiger partial charge in [-0.1, -0.05) is 0 Å². The van der Waals surface area contributed by atoms with Crippen LogP contribution in [0.4, 0.5) is 5.82 Å². The number of esters is 1. The first-order valence-corrected chi connectivity index (χ1v) is 6.09. The van der Waals surface area contributed by atoms with E-state index in [1.807, 2.05) is 6.07 Å². The normalized spacial score (nSPS) is 15.5. The lowest BCUT2D eigenvalue weighted by Gasteiger charge is -2.27. The Hall–Kier alpha value is -1.69. The summed E-state index contributed by atoms with van der Waals surface area (Å²) in [5, 5.41) is 0. The molecule has 1 saturated heterocycles. The van der Waals surface area contributed by atoms with Crippen molar-refractivity contribution in [1.82, 2.24) is 9.97 Å². The summed E-state index contributed by atoms with van der Waals surface area (Å²) in [6, 6.07) is 1.84. The summed E-state index contributed by atoms with van der Waals surface area (Å²) < 4.78 is 10.2. The van der Waals surface area contributed by atoms with Gasteiger partial charge in [0, 0.05) is 19.2 Å². The molecule has 1 aromatic rings. The summed E-state index contributed by atoms with van der Waals surface area (Å²) >= 11 is 0. The van der Waals surface area contributed by atoms with Crippen molar-refractivity contribution < 1.29 is 14.3 Å². The van der Waals surface area contributed by atoms with E-state index in [9.17, 15) is 4.79 Å². The number of anilines is 1. The average Bonchev–Trinajstić information content (AvgIpc) is 2.40. The molecule has 1 aliphatic rings. The Kier molecular flexibility index (Phi) is 4.46. The van der Waals surface area contributed by atoms with Gasteiger partial charge in [0.15, 0.2) is 0 Å². The van der Waals surface area contributed by atoms with Gasteiger partial charge in [-0.25, -0.2) is 9.97 Å². The maximum atomic E-state index is 11.4. The van der Waals surface area contributed by atoms with Crippen LogP contribution in [0.2, 0.25) is 0 Å². The standard InChI is InChI=1S/C12H17N3O3/c1-2-18-12(16)8-10-7-11(14-9-13-10)15-3-5-17-6-4-15/h7,9H,2-6,8H2,1H3. The van der Waals surface area contributed by atoms with Gasteiger partial charge in [-0.2, -0.15) is 0 Å². The largest absolute Gasteiger partial charge is 0.466 e. The number of hydrogen-bond donors (Lipinski definition) is 0. The highest BCUT2D eigenvalue weighted by atomic mass is 16.5. The van der Waals surface area contributed by atoms with E-state index >= 15 is 0 Å². The van der Waals surface area contributed by atoms with Gasteiger partial charge in [0.25, 0.3) is 0 Å². The van der Waals surface area contributed by atoms with Gasteiger partial charge in [-0.15, -0.1) is 0 Å². The molecule has 0 aromatic carbocycles. The third-order valence-electron chi connectivity index (χ3n) is 2.68. The second-order valence-corrected chi connectivity index (χ2v) is 3.95. The zero-order valence-corrected chi connectivity index (χ0v) is 10.5. The average molecular weight is 251 g/mol. The van der Waals surface area contributed by atoms with Gasteiger partial charge in [0.1, 0.15) is 12.1 Å². The number of morpholine rings is 1. The van der Waals surface area contributed by atoms with Crippen molar-refractivity contribution in [2.24, 2.45) is 0 Å². The fourth-order valence-electron chi connectivity index (χ4n) is 1.81. The van der Waals surface area contributed by atoms with Gasteiger partial charge >= 0.3 is 5.97 Å². The zero-order valence-electron chi connectivity index (χ0n) is 10.5. The molecule has 1 fully saturated rings. The van der Waals surface area contributed by atoms with Crippen molar-refractivity contribution in [3.05, 3.63) is 18.1 Å². The van der Waals surface area contributed by atoms with Crippen LogP contribution in [0.25, 0.3) is 0 Å². The second kappa shape index (κ2) is 6.30. The molecule has 98 valence electrons. The van der Waals surface area contributed by atoms with Gasteiger partial charge in [-0.3, -0.25) is 4.79 Å². The van der Waals surface area contributed by atoms with Crippen molar-refractivity contribution in [3.63, 3.8) is 0 Å². The molecular formula is C12H17N3O3. The van der Waals surface area contributed by atoms with Gasteiger partial charge in [0.2, 0.25) is 0 Å². The molecule has 6 nitrogen and oxygen atoms in total. The third kappa shape index (κ3) is 3.40. The summed E-state index contributed by atoms with van der Waals surface area (Å²) in [7, 11) is 0. The first-order chi connectivity index (χ1) is 8.79. The molecule has 2 heterocycles. The van der Waals surface area contributed by atoms with Crippen molar-refractivity contribution in [1.29, 1.82) is 0 Å². The Morgan fingerprint density at radius 2 is 2.22 bits per heavy atom. The van der Waals surface area contributed by atoms with E-state index in [0.29, 0.717) is 25.5 Å². The molecule has 0 spiro atoms. The molecule has 1 aromatic heterocycles. The van der Waals surface area contributed by atoms with E-state index in [2.05, 4.69) is 14.9 Å². The minimum absolute atomic E-state index is 0.188. The molecule has 0 unspecified atom stereocenters. The smallest absolute Gasteiger partial charge is 0.311 e. The van der Waals surface area contributed by atoms with Crippen LogP contribution in [0, 0.1) is 0 Å². The zero-order chi connectivity index (χ0) is 12.8. The summed E-state index contributed by atoms with van der Waals surface area (Å²) in [4.78, 5) is 21.8. The molecule has 6 heteroatoms. The number of rotatable bonds is 4. The van der Waals surface area contributed by atoms with Crippen LogP contribution in [-0.2, 0) is 20.7 Å². The number of aromatic nitrogens is 2. The number of carbonyl (C=O) groups is 1. The summed E-state index contributed by atoms with van der Waals surface area (Å²) in [5.41, 5.74) is 0.685. The highest BCUT2D eigenvalue weighted by molar-refractivity contribution is 5.72. The molecular weight excluding hydrogens is 234 g/mol. The van der Waals surface area contributed by atoms with Crippen molar-refractivity contribution in [3.8, 4) is 0 Å². The maximum absolute atomic E-state index is 11.4. The van der Waals surface area contributed by atoms with E-state index in [1.54, 1.807) is 6.92 Å². The highest BCUT2D eigenvalue weighted by Gasteiger charge is 2.14. The van der Waals surface area contributed by atoms with Crippen LogP contribution in [0.3, 0.4) is 0 Å². The highest BCUT2D eigenvalue weighted by Crippen LogP contribution is 2.13. The van der Waals surface area contributed by atoms with Crippen LogP contribution in [-0.4, -0.2) is 48.8 Å². The molecule has 0 aliphatic carbocycles. The van der Waals surface area contributed by atoms with Crippen LogP contribution in [0.5, 0.6) is 0 Å². The fraction of sp³-hybridized carbons (Fsp3) is 0.583. The molecule has 0 N–H and O–H groups in total. The van der Waals surface area contributed by atoms with Crippen LogP contribution in [0.1, 0.15) is 12.6 Å². The van der Waals surface area contributed by atoms with E-state index in [0.717, 1.165) is 18.9 Å². The van der Waals surface area contributed by atoms with E-state index in [1.165, 1.54) is 6.33 Å². The Bertz CT molecular complexity index is 405. The predicted molar refractivity (Wildman–Crippen MR) is 65.4 cm³/mol. The summed E-state index contributed by atoms with van der Waals surface area (Å²) in [6.45, 7) is 5.22. The molecule has 1 aliphatic heterocycles. The Balaban J connectivity index is 2.02. The van der Waals surface area contributed by atoms with Crippen LogP contribution >= 0.6 is 0 Å². The fourth-order valence-corrected chi connectivity index (χ4v) is 1.81. The SMILES string of the molecule is CCOC(=O)Cc1cc(N2CCOCC2)ncn1. The third-order valence-corrected chi connectivity index (χ3v) is 2.68. The Labute approximate surface area is 106 Å². The van der Waals surface area contributed by atoms with Gasteiger partial charge in [0.05, 0.1) is 31.9 Å². The van der Waals surface area contributed by atoms with Crippen LogP contribution < -0.4 is 4.90 Å². The molecule has 18 heavy (non-hydrogen) atoms. The summed E-state index contributed by atoms with van der Waals surface area (Å²) in [6.07, 6.45) is 1.67. The second-order valence-electron chi connectivity index (χ2n) is 3.95. The maximum Gasteiger partial charge on any atom is 0.311 e. The minimum atomic E-state index is -0.260. The van der Waals surface area contributed by atoms with Gasteiger partial charge < -0.3 is 14.4 Å². The number of hydrogen-bond acceptors (Lipinski definition) is 6. The molecule has 0 radical (unpaired) electrons. The summed E-state index contributed by atoms with van der Waals surface area (Å²) in [5.74, 6) is 0.580. The van der Waals surface area contributed by atoms with Crippen molar-refractivity contribution >= 4 is 11.8 Å². The quantitative estimate of drug-likeness (QED) is 0.723. The van der Waals surface area contributed by atoms with Crippen LogP contribution in [0.15, 0.2) is 12.4 Å². The first-order valence-electron chi connectivity index (χ1n) is 6.09. The monoisotopic (exact) mass is 251 g/mol. The number of nitrogens with zero attached hydrogens (tertiary/aromatic N) is 3. The van der Waals surface area contributed by atoms with E-state index in [4.69, 9.17) is 9.47 Å².